The van der Waals surface area contributed by atoms with Crippen LogP contribution in [0, 0.1) is 0 Å². The molecule has 0 saturated heterocycles. The molecule has 0 saturated carbocycles. The highest BCUT2D eigenvalue weighted by Crippen LogP contribution is 2.24. The largest absolute Gasteiger partial charge is 0.493 e. The number of rotatable bonds is 26. The Labute approximate surface area is 259 Å². The molecule has 0 bridgehead atoms. The van der Waals surface area contributed by atoms with Gasteiger partial charge < -0.3 is 4.74 Å². The van der Waals surface area contributed by atoms with Gasteiger partial charge >= 0.3 is 0 Å². The van der Waals surface area contributed by atoms with Crippen molar-refractivity contribution in [3.63, 3.8) is 0 Å². The third kappa shape index (κ3) is 17.6. The number of aryl methyl sites for hydroxylation is 1. The second-order valence-corrected chi connectivity index (χ2v) is 12.3. The fourth-order valence-corrected chi connectivity index (χ4v) is 5.62. The minimum absolute atomic E-state index is 0.767. The van der Waals surface area contributed by atoms with Crippen LogP contribution in [-0.4, -0.2) is 11.5 Å². The zero-order chi connectivity index (χ0) is 29.2. The first-order chi connectivity index (χ1) is 20.2. The summed E-state index contributed by atoms with van der Waals surface area (Å²) in [4.78, 5) is 0.855. The summed E-state index contributed by atoms with van der Waals surface area (Å²) >= 11 is 5.62. The van der Waals surface area contributed by atoms with E-state index in [1.54, 1.807) is 0 Å². The van der Waals surface area contributed by atoms with Crippen LogP contribution < -0.4 is 4.74 Å². The first-order valence-corrected chi connectivity index (χ1v) is 17.7. The number of hydrogen-bond donors (Lipinski definition) is 0. The molecule has 228 valence electrons. The van der Waals surface area contributed by atoms with E-state index in [9.17, 15) is 0 Å². The summed E-state index contributed by atoms with van der Waals surface area (Å²) in [5.41, 5.74) is 3.58. The standard InChI is InChI=1S/C39H60OS/c1-3-5-7-8-9-10-11-12-13-14-15-16-17-18-19-20-21-23-26-35-29-30-36(38(34-35)40-33-6-4-2)31-32-39(41)37-27-24-22-25-28-37/h22,24-25,27-32,34H,3-21,23,26,33H2,1-2H3. The predicted molar refractivity (Wildman–Crippen MR) is 187 cm³/mol. The molecule has 1 nitrogen and oxygen atoms in total. The fourth-order valence-electron chi connectivity index (χ4n) is 5.42. The smallest absolute Gasteiger partial charge is 0.126 e. The Kier molecular flexibility index (Phi) is 21.2. The first-order valence-electron chi connectivity index (χ1n) is 17.3. The van der Waals surface area contributed by atoms with Crippen LogP contribution in [0.1, 0.15) is 159 Å². The van der Waals surface area contributed by atoms with E-state index in [4.69, 9.17) is 17.0 Å². The lowest BCUT2D eigenvalue weighted by atomic mass is 10.0. The molecule has 0 unspecified atom stereocenters. The molecule has 0 aliphatic heterocycles. The molecule has 0 spiro atoms. The van der Waals surface area contributed by atoms with Gasteiger partial charge in [-0.25, -0.2) is 0 Å². The van der Waals surface area contributed by atoms with E-state index >= 15 is 0 Å². The van der Waals surface area contributed by atoms with E-state index in [-0.39, 0.29) is 0 Å². The molecule has 0 heterocycles. The lowest BCUT2D eigenvalue weighted by Crippen LogP contribution is -2.00. The molecular formula is C39H60OS. The molecule has 2 heteroatoms. The molecule has 0 N–H and O–H groups in total. The summed E-state index contributed by atoms with van der Waals surface area (Å²) in [5, 5.41) is 0. The molecule has 0 radical (unpaired) electrons. The fraction of sp³-hybridized carbons (Fsp3) is 0.615. The molecule has 2 aromatic carbocycles. The van der Waals surface area contributed by atoms with Crippen LogP contribution >= 0.6 is 12.2 Å². The number of ether oxygens (including phenoxy) is 1. The topological polar surface area (TPSA) is 9.23 Å². The predicted octanol–water partition coefficient (Wildman–Crippen LogP) is 12.9. The van der Waals surface area contributed by atoms with Crippen molar-refractivity contribution in [2.45, 2.75) is 149 Å². The van der Waals surface area contributed by atoms with Crippen molar-refractivity contribution in [1.29, 1.82) is 0 Å². The van der Waals surface area contributed by atoms with Crippen LogP contribution in [0.5, 0.6) is 5.75 Å². The Balaban J connectivity index is 1.57. The van der Waals surface area contributed by atoms with Crippen LogP contribution in [0.2, 0.25) is 0 Å². The summed E-state index contributed by atoms with van der Waals surface area (Å²) < 4.78 is 6.20. The number of hydrogen-bond acceptors (Lipinski definition) is 2. The average Bonchev–Trinajstić information content (AvgIpc) is 3.00. The second kappa shape index (κ2) is 24.6. The maximum absolute atomic E-state index is 6.20. The Hall–Kier alpha value is -1.93. The van der Waals surface area contributed by atoms with Crippen molar-refractivity contribution >= 4 is 23.2 Å². The summed E-state index contributed by atoms with van der Waals surface area (Å²) in [6.45, 7) is 5.27. The van der Waals surface area contributed by atoms with Crippen molar-refractivity contribution in [1.82, 2.24) is 0 Å². The second-order valence-electron chi connectivity index (χ2n) is 11.9. The molecule has 0 amide bonds. The minimum atomic E-state index is 0.767. The normalized spacial score (nSPS) is 11.4. The van der Waals surface area contributed by atoms with Gasteiger partial charge in [-0.15, -0.1) is 0 Å². The molecule has 0 aliphatic carbocycles. The Morgan fingerprint density at radius 3 is 1.66 bits per heavy atom. The van der Waals surface area contributed by atoms with Gasteiger partial charge in [-0.3, -0.25) is 0 Å². The van der Waals surface area contributed by atoms with Crippen LogP contribution in [0.3, 0.4) is 0 Å². The molecule has 2 aromatic rings. The van der Waals surface area contributed by atoms with Gasteiger partial charge in [0.2, 0.25) is 0 Å². The summed E-state index contributed by atoms with van der Waals surface area (Å²) in [6.07, 6.45) is 33.0. The number of thiocarbonyl (C=S) groups is 1. The van der Waals surface area contributed by atoms with Gasteiger partial charge in [-0.05, 0) is 48.6 Å². The SMILES string of the molecule is CCCCCCCCCCCCCCCCCCCCc1ccc(C=CC(=S)c2ccccc2)c(OCCCC)c1. The van der Waals surface area contributed by atoms with Gasteiger partial charge in [0.15, 0.2) is 0 Å². The van der Waals surface area contributed by atoms with Gasteiger partial charge in [0, 0.05) is 10.4 Å². The minimum Gasteiger partial charge on any atom is -0.493 e. The highest BCUT2D eigenvalue weighted by molar-refractivity contribution is 7.81. The first kappa shape index (κ1) is 35.3. The van der Waals surface area contributed by atoms with Crippen molar-refractivity contribution in [2.24, 2.45) is 0 Å². The maximum Gasteiger partial charge on any atom is 0.126 e. The molecule has 0 aromatic heterocycles. The van der Waals surface area contributed by atoms with Crippen molar-refractivity contribution < 1.29 is 4.74 Å². The molecule has 0 atom stereocenters. The Morgan fingerprint density at radius 2 is 1.12 bits per heavy atom. The van der Waals surface area contributed by atoms with Crippen LogP contribution in [0.25, 0.3) is 6.08 Å². The average molecular weight is 577 g/mol. The van der Waals surface area contributed by atoms with E-state index < -0.39 is 0 Å². The van der Waals surface area contributed by atoms with Crippen LogP contribution in [0.15, 0.2) is 54.6 Å². The van der Waals surface area contributed by atoms with Gasteiger partial charge in [0.05, 0.1) is 6.61 Å². The third-order valence-corrected chi connectivity index (χ3v) is 8.50. The molecule has 41 heavy (non-hydrogen) atoms. The highest BCUT2D eigenvalue weighted by atomic mass is 32.1. The van der Waals surface area contributed by atoms with Crippen molar-refractivity contribution in [3.05, 3.63) is 71.3 Å². The number of allylic oxidation sites excluding steroid dienone is 1. The lowest BCUT2D eigenvalue weighted by molar-refractivity contribution is 0.308. The molecule has 0 fully saturated rings. The van der Waals surface area contributed by atoms with E-state index in [0.29, 0.717) is 0 Å². The monoisotopic (exact) mass is 576 g/mol. The molecule has 2 rings (SSSR count). The zero-order valence-electron chi connectivity index (χ0n) is 26.6. The summed E-state index contributed by atoms with van der Waals surface area (Å²) in [7, 11) is 0. The Bertz CT molecular complexity index is 932. The summed E-state index contributed by atoms with van der Waals surface area (Å²) in [6, 6.07) is 16.9. The van der Waals surface area contributed by atoms with Gasteiger partial charge in [0.1, 0.15) is 5.75 Å². The molecule has 0 aliphatic rings. The van der Waals surface area contributed by atoms with Gasteiger partial charge in [0.25, 0.3) is 0 Å². The van der Waals surface area contributed by atoms with Crippen LogP contribution in [-0.2, 0) is 6.42 Å². The third-order valence-electron chi connectivity index (χ3n) is 8.13. The number of unbranched alkanes of at least 4 members (excludes halogenated alkanes) is 18. The van der Waals surface area contributed by atoms with Crippen molar-refractivity contribution in [3.8, 4) is 5.75 Å². The van der Waals surface area contributed by atoms with E-state index in [1.807, 2.05) is 24.3 Å². The Morgan fingerprint density at radius 1 is 0.610 bits per heavy atom. The lowest BCUT2D eigenvalue weighted by Gasteiger charge is -2.12. The molecular weight excluding hydrogens is 516 g/mol. The van der Waals surface area contributed by atoms with E-state index in [1.165, 1.54) is 121 Å². The quantitative estimate of drug-likeness (QED) is 0.0477. The van der Waals surface area contributed by atoms with E-state index in [2.05, 4.69) is 50.3 Å². The van der Waals surface area contributed by atoms with E-state index in [0.717, 1.165) is 47.6 Å². The van der Waals surface area contributed by atoms with Crippen molar-refractivity contribution in [2.75, 3.05) is 6.61 Å². The van der Waals surface area contributed by atoms with Crippen LogP contribution in [0.4, 0.5) is 0 Å². The highest BCUT2D eigenvalue weighted by Gasteiger charge is 2.05. The maximum atomic E-state index is 6.20. The van der Waals surface area contributed by atoms with Gasteiger partial charge in [-0.2, -0.15) is 0 Å². The number of benzene rings is 2. The van der Waals surface area contributed by atoms with Gasteiger partial charge in [-0.1, -0.05) is 184 Å². The summed E-state index contributed by atoms with van der Waals surface area (Å²) in [5.74, 6) is 0.991. The zero-order valence-corrected chi connectivity index (χ0v) is 27.5.